The molecule has 1 unspecified atom stereocenters. The molecule has 2 aromatic heterocycles. The van der Waals surface area contributed by atoms with Crippen molar-refractivity contribution in [2.45, 2.75) is 20.0 Å². The van der Waals surface area contributed by atoms with Crippen LogP contribution in [-0.4, -0.2) is 24.8 Å². The first-order chi connectivity index (χ1) is 12.0. The van der Waals surface area contributed by atoms with Crippen LogP contribution in [-0.2, 0) is 4.74 Å². The normalized spacial score (nSPS) is 17.9. The highest BCUT2D eigenvalue weighted by atomic mass is 16.5. The summed E-state index contributed by atoms with van der Waals surface area (Å²) in [6.45, 7) is 5.53. The Morgan fingerprint density at radius 1 is 1.16 bits per heavy atom. The van der Waals surface area contributed by atoms with Crippen molar-refractivity contribution in [2.24, 2.45) is 0 Å². The van der Waals surface area contributed by atoms with Gasteiger partial charge < -0.3 is 24.0 Å². The summed E-state index contributed by atoms with van der Waals surface area (Å²) in [6, 6.07) is 7.71. The van der Waals surface area contributed by atoms with E-state index in [9.17, 15) is 9.90 Å². The van der Waals surface area contributed by atoms with Crippen molar-refractivity contribution >= 4 is 11.0 Å². The second-order valence-corrected chi connectivity index (χ2v) is 6.29. The second kappa shape index (κ2) is 6.06. The first-order valence-electron chi connectivity index (χ1n) is 8.24. The summed E-state index contributed by atoms with van der Waals surface area (Å²) in [4.78, 5) is 11.9. The van der Waals surface area contributed by atoms with Crippen LogP contribution >= 0.6 is 0 Å². The van der Waals surface area contributed by atoms with Crippen molar-refractivity contribution in [1.29, 1.82) is 0 Å². The van der Waals surface area contributed by atoms with Crippen molar-refractivity contribution in [3.63, 3.8) is 0 Å². The maximum atomic E-state index is 11.9. The molecule has 1 aliphatic heterocycles. The van der Waals surface area contributed by atoms with Gasteiger partial charge in [-0.3, -0.25) is 0 Å². The van der Waals surface area contributed by atoms with Crippen LogP contribution in [0.4, 0.5) is 0 Å². The minimum absolute atomic E-state index is 0.00483. The molecule has 0 radical (unpaired) electrons. The zero-order valence-corrected chi connectivity index (χ0v) is 14.1. The van der Waals surface area contributed by atoms with Crippen molar-refractivity contribution < 1.29 is 18.7 Å². The molecule has 25 heavy (non-hydrogen) atoms. The number of hydrogen-bond acceptors (Lipinski definition) is 6. The van der Waals surface area contributed by atoms with E-state index >= 15 is 0 Å². The van der Waals surface area contributed by atoms with Gasteiger partial charge in [-0.25, -0.2) is 4.79 Å². The molecule has 1 saturated heterocycles. The van der Waals surface area contributed by atoms with Gasteiger partial charge in [0.05, 0.1) is 18.3 Å². The molecule has 1 atom stereocenters. The van der Waals surface area contributed by atoms with Crippen LogP contribution < -0.4 is 10.9 Å². The number of ether oxygens (including phenoxy) is 1. The summed E-state index contributed by atoms with van der Waals surface area (Å²) in [5.41, 5.74) is 1.83. The van der Waals surface area contributed by atoms with Crippen LogP contribution in [0.5, 0.6) is 5.75 Å². The fraction of sp³-hybridized carbons (Fsp3) is 0.316. The van der Waals surface area contributed by atoms with E-state index in [0.29, 0.717) is 23.5 Å². The Balaban J connectivity index is 1.78. The molecule has 1 aliphatic rings. The predicted octanol–water partition coefficient (Wildman–Crippen LogP) is 3.04. The van der Waals surface area contributed by atoms with Crippen molar-refractivity contribution in [2.75, 3.05) is 19.7 Å². The lowest BCUT2D eigenvalue weighted by Crippen LogP contribution is -2.33. The Hall–Kier alpha value is -2.57. The standard InChI is InChI=1S/C19H19NO5/c1-10-17(21)11(2)19(22)25-18(10)15-8-12-3-4-13(7-14(12)24-15)16-9-20-5-6-23-16/h3-4,7-8,16,20-21H,5-6,9H2,1-2H3. The summed E-state index contributed by atoms with van der Waals surface area (Å²) in [5, 5.41) is 14.3. The third-order valence-corrected chi connectivity index (χ3v) is 4.62. The first-order valence-corrected chi connectivity index (χ1v) is 8.24. The maximum absolute atomic E-state index is 11.9. The Morgan fingerprint density at radius 3 is 2.76 bits per heavy atom. The van der Waals surface area contributed by atoms with Gasteiger partial charge in [0.2, 0.25) is 0 Å². The average Bonchev–Trinajstić information content (AvgIpc) is 3.06. The number of aromatic hydroxyl groups is 1. The van der Waals surface area contributed by atoms with Crippen LogP contribution in [0.2, 0.25) is 0 Å². The number of morpholine rings is 1. The van der Waals surface area contributed by atoms with E-state index in [1.54, 1.807) is 13.0 Å². The van der Waals surface area contributed by atoms with Gasteiger partial charge >= 0.3 is 5.63 Å². The molecule has 0 bridgehead atoms. The van der Waals surface area contributed by atoms with E-state index in [1.807, 2.05) is 18.2 Å². The molecule has 1 aromatic carbocycles. The van der Waals surface area contributed by atoms with E-state index in [0.717, 1.165) is 24.0 Å². The van der Waals surface area contributed by atoms with Crippen molar-refractivity contribution in [3.8, 4) is 17.3 Å². The SMILES string of the molecule is Cc1c(-c2cc3ccc(C4CNCCO4)cc3o2)oc(=O)c(C)c1O. The molecular formula is C19H19NO5. The topological polar surface area (TPSA) is 84.8 Å². The number of furan rings is 1. The van der Waals surface area contributed by atoms with Gasteiger partial charge in [-0.15, -0.1) is 0 Å². The summed E-state index contributed by atoms with van der Waals surface area (Å²) in [7, 11) is 0. The molecule has 4 rings (SSSR count). The number of nitrogens with one attached hydrogen (secondary N) is 1. The molecule has 6 nitrogen and oxygen atoms in total. The molecule has 0 spiro atoms. The van der Waals surface area contributed by atoms with E-state index < -0.39 is 5.63 Å². The number of hydrogen-bond donors (Lipinski definition) is 2. The van der Waals surface area contributed by atoms with Gasteiger partial charge in [-0.1, -0.05) is 12.1 Å². The predicted molar refractivity (Wildman–Crippen MR) is 92.9 cm³/mol. The second-order valence-electron chi connectivity index (χ2n) is 6.29. The van der Waals surface area contributed by atoms with Crippen LogP contribution in [0, 0.1) is 13.8 Å². The molecule has 0 amide bonds. The molecule has 0 aliphatic carbocycles. The molecule has 2 N–H and O–H groups in total. The lowest BCUT2D eigenvalue weighted by atomic mass is 10.1. The van der Waals surface area contributed by atoms with Crippen LogP contribution in [0.15, 0.2) is 37.9 Å². The maximum Gasteiger partial charge on any atom is 0.343 e. The van der Waals surface area contributed by atoms with E-state index in [1.165, 1.54) is 6.92 Å². The molecule has 6 heteroatoms. The van der Waals surface area contributed by atoms with E-state index in [-0.39, 0.29) is 23.2 Å². The van der Waals surface area contributed by atoms with Gasteiger partial charge in [0, 0.05) is 24.0 Å². The molecule has 1 fully saturated rings. The Morgan fingerprint density at radius 2 is 2.00 bits per heavy atom. The van der Waals surface area contributed by atoms with Gasteiger partial charge in [-0.2, -0.15) is 0 Å². The lowest BCUT2D eigenvalue weighted by Gasteiger charge is -2.23. The summed E-state index contributed by atoms with van der Waals surface area (Å²) in [5.74, 6) is 0.607. The minimum atomic E-state index is -0.569. The summed E-state index contributed by atoms with van der Waals surface area (Å²) < 4.78 is 17.0. The Bertz CT molecular complexity index is 995. The van der Waals surface area contributed by atoms with Crippen LogP contribution in [0.1, 0.15) is 22.8 Å². The van der Waals surface area contributed by atoms with E-state index in [2.05, 4.69) is 5.32 Å². The molecule has 3 heterocycles. The fourth-order valence-electron chi connectivity index (χ4n) is 3.11. The van der Waals surface area contributed by atoms with Gasteiger partial charge in [0.25, 0.3) is 0 Å². The molecule has 3 aromatic rings. The Labute approximate surface area is 144 Å². The summed E-state index contributed by atoms with van der Waals surface area (Å²) >= 11 is 0. The van der Waals surface area contributed by atoms with Crippen molar-refractivity contribution in [3.05, 3.63) is 51.4 Å². The highest BCUT2D eigenvalue weighted by Crippen LogP contribution is 2.34. The quantitative estimate of drug-likeness (QED) is 0.745. The number of benzene rings is 1. The van der Waals surface area contributed by atoms with Gasteiger partial charge in [0.15, 0.2) is 11.5 Å². The minimum Gasteiger partial charge on any atom is -0.507 e. The largest absolute Gasteiger partial charge is 0.507 e. The van der Waals surface area contributed by atoms with Gasteiger partial charge in [-0.05, 0) is 31.5 Å². The zero-order valence-electron chi connectivity index (χ0n) is 14.1. The number of rotatable bonds is 2. The molecular weight excluding hydrogens is 322 g/mol. The fourth-order valence-corrected chi connectivity index (χ4v) is 3.11. The molecule has 0 saturated carbocycles. The smallest absolute Gasteiger partial charge is 0.343 e. The first kappa shape index (κ1) is 15.9. The van der Waals surface area contributed by atoms with E-state index in [4.69, 9.17) is 13.6 Å². The molecule has 130 valence electrons. The monoisotopic (exact) mass is 341 g/mol. The van der Waals surface area contributed by atoms with Crippen LogP contribution in [0.25, 0.3) is 22.5 Å². The van der Waals surface area contributed by atoms with Gasteiger partial charge in [0.1, 0.15) is 11.3 Å². The lowest BCUT2D eigenvalue weighted by molar-refractivity contribution is 0.0277. The summed E-state index contributed by atoms with van der Waals surface area (Å²) in [6.07, 6.45) is -0.00483. The third kappa shape index (κ3) is 2.73. The van der Waals surface area contributed by atoms with Crippen LogP contribution in [0.3, 0.4) is 0 Å². The van der Waals surface area contributed by atoms with Crippen molar-refractivity contribution in [1.82, 2.24) is 5.32 Å². The Kier molecular flexibility index (Phi) is 3.86. The zero-order chi connectivity index (χ0) is 17.6. The number of fused-ring (bicyclic) bond motifs is 1. The third-order valence-electron chi connectivity index (χ3n) is 4.62. The highest BCUT2D eigenvalue weighted by Gasteiger charge is 2.20. The highest BCUT2D eigenvalue weighted by molar-refractivity contribution is 5.83. The average molecular weight is 341 g/mol.